The van der Waals surface area contributed by atoms with Crippen LogP contribution in [0.2, 0.25) is 0 Å². The molecule has 0 saturated heterocycles. The standard InChI is InChI=1S/C7H4FIN4/c8-6-5(9)1-2-10-7(6)13-4-3-11-12-13/h1-4H. The van der Waals surface area contributed by atoms with Crippen LogP contribution in [0, 0.1) is 9.39 Å². The molecule has 13 heavy (non-hydrogen) atoms. The van der Waals surface area contributed by atoms with E-state index in [1.165, 1.54) is 17.1 Å². The van der Waals surface area contributed by atoms with Crippen LogP contribution in [0.1, 0.15) is 0 Å². The van der Waals surface area contributed by atoms with Gasteiger partial charge >= 0.3 is 0 Å². The Bertz CT molecular complexity index is 414. The normalized spacial score (nSPS) is 10.3. The monoisotopic (exact) mass is 290 g/mol. The first-order chi connectivity index (χ1) is 6.29. The molecule has 0 aromatic carbocycles. The van der Waals surface area contributed by atoms with Gasteiger partial charge in [0.2, 0.25) is 0 Å². The number of rotatable bonds is 1. The number of hydrogen-bond acceptors (Lipinski definition) is 3. The summed E-state index contributed by atoms with van der Waals surface area (Å²) in [6, 6.07) is 1.59. The van der Waals surface area contributed by atoms with E-state index in [2.05, 4.69) is 15.3 Å². The largest absolute Gasteiger partial charge is 0.234 e. The Morgan fingerprint density at radius 3 is 2.92 bits per heavy atom. The summed E-state index contributed by atoms with van der Waals surface area (Å²) in [7, 11) is 0. The first-order valence-corrected chi connectivity index (χ1v) is 4.53. The van der Waals surface area contributed by atoms with Gasteiger partial charge < -0.3 is 0 Å². The van der Waals surface area contributed by atoms with Crippen molar-refractivity contribution in [3.05, 3.63) is 34.0 Å². The Labute approximate surface area is 86.9 Å². The minimum atomic E-state index is -0.381. The fraction of sp³-hybridized carbons (Fsp3) is 0. The first-order valence-electron chi connectivity index (χ1n) is 3.46. The summed E-state index contributed by atoms with van der Waals surface area (Å²) in [4.78, 5) is 3.86. The van der Waals surface area contributed by atoms with Crippen LogP contribution in [-0.4, -0.2) is 20.0 Å². The molecule has 6 heteroatoms. The van der Waals surface area contributed by atoms with Gasteiger partial charge in [-0.15, -0.1) is 5.10 Å². The average Bonchev–Trinajstić information content (AvgIpc) is 2.62. The predicted molar refractivity (Wildman–Crippen MR) is 51.8 cm³/mol. The maximum Gasteiger partial charge on any atom is 0.192 e. The molecule has 0 spiro atoms. The van der Waals surface area contributed by atoms with E-state index >= 15 is 0 Å². The summed E-state index contributed by atoms with van der Waals surface area (Å²) in [6.07, 6.45) is 4.55. The molecular formula is C7H4FIN4. The SMILES string of the molecule is Fc1c(I)ccnc1-n1ccnn1. The van der Waals surface area contributed by atoms with Crippen LogP contribution in [0.3, 0.4) is 0 Å². The predicted octanol–water partition coefficient (Wildman–Crippen LogP) is 1.41. The molecular weight excluding hydrogens is 286 g/mol. The van der Waals surface area contributed by atoms with Crippen LogP contribution in [0.4, 0.5) is 4.39 Å². The zero-order valence-electron chi connectivity index (χ0n) is 6.35. The second kappa shape index (κ2) is 3.36. The van der Waals surface area contributed by atoms with Gasteiger partial charge in [0, 0.05) is 6.20 Å². The fourth-order valence-electron chi connectivity index (χ4n) is 0.891. The van der Waals surface area contributed by atoms with Gasteiger partial charge in [0.05, 0.1) is 16.0 Å². The molecule has 0 N–H and O–H groups in total. The number of pyridine rings is 1. The van der Waals surface area contributed by atoms with Crippen molar-refractivity contribution in [1.29, 1.82) is 0 Å². The van der Waals surface area contributed by atoms with E-state index < -0.39 is 0 Å². The Balaban J connectivity index is 2.59. The summed E-state index contributed by atoms with van der Waals surface area (Å²) in [5, 5.41) is 7.22. The molecule has 2 rings (SSSR count). The van der Waals surface area contributed by atoms with Gasteiger partial charge in [-0.05, 0) is 28.7 Å². The van der Waals surface area contributed by atoms with Gasteiger partial charge in [0.1, 0.15) is 0 Å². The zero-order chi connectivity index (χ0) is 9.26. The molecule has 0 atom stereocenters. The topological polar surface area (TPSA) is 43.6 Å². The smallest absolute Gasteiger partial charge is 0.192 e. The lowest BCUT2D eigenvalue weighted by molar-refractivity contribution is 0.589. The molecule has 0 aliphatic heterocycles. The highest BCUT2D eigenvalue weighted by atomic mass is 127. The van der Waals surface area contributed by atoms with Crippen molar-refractivity contribution in [2.24, 2.45) is 0 Å². The Morgan fingerprint density at radius 2 is 2.23 bits per heavy atom. The zero-order valence-corrected chi connectivity index (χ0v) is 8.51. The van der Waals surface area contributed by atoms with Crippen LogP contribution in [0.5, 0.6) is 0 Å². The molecule has 2 aromatic heterocycles. The fourth-order valence-corrected chi connectivity index (χ4v) is 1.29. The number of halogens is 2. The number of aromatic nitrogens is 4. The maximum atomic E-state index is 13.4. The molecule has 2 aromatic rings. The summed E-state index contributed by atoms with van der Waals surface area (Å²) < 4.78 is 15.2. The average molecular weight is 290 g/mol. The lowest BCUT2D eigenvalue weighted by Gasteiger charge is -2.00. The quantitative estimate of drug-likeness (QED) is 0.746. The molecule has 0 fully saturated rings. The van der Waals surface area contributed by atoms with E-state index in [-0.39, 0.29) is 11.6 Å². The molecule has 2 heterocycles. The first kappa shape index (κ1) is 8.54. The van der Waals surface area contributed by atoms with E-state index in [1.54, 1.807) is 12.3 Å². The summed E-state index contributed by atoms with van der Waals surface area (Å²) >= 11 is 1.90. The van der Waals surface area contributed by atoms with E-state index in [9.17, 15) is 4.39 Å². The van der Waals surface area contributed by atoms with Gasteiger partial charge in [-0.1, -0.05) is 5.21 Å². The molecule has 0 saturated carbocycles. The number of nitrogens with zero attached hydrogens (tertiary/aromatic N) is 4. The Hall–Kier alpha value is -1.05. The molecule has 0 amide bonds. The van der Waals surface area contributed by atoms with Gasteiger partial charge in [-0.3, -0.25) is 0 Å². The van der Waals surface area contributed by atoms with E-state index in [0.717, 1.165) is 0 Å². The summed E-state index contributed by atoms with van der Waals surface area (Å²) in [5.41, 5.74) is 0. The molecule has 66 valence electrons. The summed E-state index contributed by atoms with van der Waals surface area (Å²) in [5.74, 6) is -0.210. The molecule has 0 unspecified atom stereocenters. The van der Waals surface area contributed by atoms with Gasteiger partial charge in [0.25, 0.3) is 0 Å². The van der Waals surface area contributed by atoms with Gasteiger partial charge in [-0.25, -0.2) is 9.37 Å². The van der Waals surface area contributed by atoms with E-state index in [0.29, 0.717) is 3.57 Å². The van der Waals surface area contributed by atoms with Crippen molar-refractivity contribution in [1.82, 2.24) is 20.0 Å². The lowest BCUT2D eigenvalue weighted by Crippen LogP contribution is -2.03. The van der Waals surface area contributed by atoms with Crippen LogP contribution in [0.15, 0.2) is 24.7 Å². The lowest BCUT2D eigenvalue weighted by atomic mass is 10.4. The highest BCUT2D eigenvalue weighted by molar-refractivity contribution is 14.1. The van der Waals surface area contributed by atoms with Crippen LogP contribution >= 0.6 is 22.6 Å². The third-order valence-corrected chi connectivity index (χ3v) is 2.30. The highest BCUT2D eigenvalue weighted by Crippen LogP contribution is 2.14. The highest BCUT2D eigenvalue weighted by Gasteiger charge is 2.09. The Morgan fingerprint density at radius 1 is 1.38 bits per heavy atom. The molecule has 4 nitrogen and oxygen atoms in total. The molecule has 0 radical (unpaired) electrons. The van der Waals surface area contributed by atoms with Crippen molar-refractivity contribution in [2.75, 3.05) is 0 Å². The van der Waals surface area contributed by atoms with Crippen LogP contribution < -0.4 is 0 Å². The minimum Gasteiger partial charge on any atom is -0.234 e. The third kappa shape index (κ3) is 1.53. The third-order valence-electron chi connectivity index (χ3n) is 1.46. The van der Waals surface area contributed by atoms with Gasteiger partial charge in [-0.2, -0.15) is 4.68 Å². The van der Waals surface area contributed by atoms with Crippen LogP contribution in [-0.2, 0) is 0 Å². The summed E-state index contributed by atoms with van der Waals surface area (Å²) in [6.45, 7) is 0. The van der Waals surface area contributed by atoms with Crippen molar-refractivity contribution >= 4 is 22.6 Å². The molecule has 0 bridgehead atoms. The van der Waals surface area contributed by atoms with Crippen molar-refractivity contribution in [3.8, 4) is 5.82 Å². The molecule has 0 aliphatic rings. The minimum absolute atomic E-state index is 0.171. The van der Waals surface area contributed by atoms with Crippen molar-refractivity contribution in [3.63, 3.8) is 0 Å². The van der Waals surface area contributed by atoms with E-state index in [4.69, 9.17) is 0 Å². The number of hydrogen-bond donors (Lipinski definition) is 0. The van der Waals surface area contributed by atoms with Gasteiger partial charge in [0.15, 0.2) is 11.6 Å². The van der Waals surface area contributed by atoms with Crippen LogP contribution in [0.25, 0.3) is 5.82 Å². The van der Waals surface area contributed by atoms with Crippen molar-refractivity contribution < 1.29 is 4.39 Å². The second-order valence-electron chi connectivity index (χ2n) is 2.28. The van der Waals surface area contributed by atoms with Crippen molar-refractivity contribution in [2.45, 2.75) is 0 Å². The Kier molecular flexibility index (Phi) is 2.21. The maximum absolute atomic E-state index is 13.4. The molecule has 0 aliphatic carbocycles. The van der Waals surface area contributed by atoms with E-state index in [1.807, 2.05) is 22.6 Å². The second-order valence-corrected chi connectivity index (χ2v) is 3.44.